The molecule has 2 aromatic rings. The third kappa shape index (κ3) is 2.83. The summed E-state index contributed by atoms with van der Waals surface area (Å²) in [5, 5.41) is 9.34. The van der Waals surface area contributed by atoms with E-state index in [0.717, 1.165) is 18.4 Å². The third-order valence-electron chi connectivity index (χ3n) is 3.96. The fourth-order valence-electron chi connectivity index (χ4n) is 2.40. The van der Waals surface area contributed by atoms with E-state index < -0.39 is 0 Å². The van der Waals surface area contributed by atoms with Crippen molar-refractivity contribution in [3.05, 3.63) is 42.3 Å². The minimum absolute atomic E-state index is 0.101. The van der Waals surface area contributed by atoms with Gasteiger partial charge in [0.2, 0.25) is 5.89 Å². The maximum absolute atomic E-state index is 12.3. The van der Waals surface area contributed by atoms with Gasteiger partial charge >= 0.3 is 0 Å². The zero-order chi connectivity index (χ0) is 14.9. The van der Waals surface area contributed by atoms with E-state index in [9.17, 15) is 9.90 Å². The Morgan fingerprint density at radius 3 is 2.71 bits per heavy atom. The van der Waals surface area contributed by atoms with Crippen LogP contribution in [0.15, 0.2) is 41.0 Å². The first-order chi connectivity index (χ1) is 10.1. The van der Waals surface area contributed by atoms with E-state index in [-0.39, 0.29) is 17.9 Å². The summed E-state index contributed by atoms with van der Waals surface area (Å²) in [5.74, 6) is 0.260. The minimum Gasteiger partial charge on any atom is -0.444 e. The van der Waals surface area contributed by atoms with Crippen LogP contribution in [0, 0.1) is 5.41 Å². The molecule has 1 fully saturated rings. The van der Waals surface area contributed by atoms with E-state index in [1.54, 1.807) is 11.9 Å². The average molecular weight is 286 g/mol. The van der Waals surface area contributed by atoms with E-state index in [2.05, 4.69) is 4.98 Å². The van der Waals surface area contributed by atoms with Gasteiger partial charge in [-0.25, -0.2) is 4.98 Å². The Labute approximate surface area is 123 Å². The molecule has 1 N–H and O–H groups in total. The number of benzene rings is 1. The van der Waals surface area contributed by atoms with Crippen molar-refractivity contribution in [2.45, 2.75) is 12.8 Å². The quantitative estimate of drug-likeness (QED) is 0.915. The number of rotatable bonds is 5. The van der Waals surface area contributed by atoms with Gasteiger partial charge in [0.25, 0.3) is 5.91 Å². The molecule has 110 valence electrons. The van der Waals surface area contributed by atoms with Crippen molar-refractivity contribution in [2.75, 3.05) is 20.2 Å². The van der Waals surface area contributed by atoms with Gasteiger partial charge in [0, 0.05) is 24.6 Å². The minimum atomic E-state index is -0.180. The van der Waals surface area contributed by atoms with E-state index in [4.69, 9.17) is 4.42 Å². The number of hydrogen-bond donors (Lipinski definition) is 1. The number of hydrogen-bond acceptors (Lipinski definition) is 4. The van der Waals surface area contributed by atoms with Crippen LogP contribution in [0.4, 0.5) is 0 Å². The van der Waals surface area contributed by atoms with E-state index in [1.165, 1.54) is 6.26 Å². The van der Waals surface area contributed by atoms with Crippen molar-refractivity contribution >= 4 is 5.91 Å². The van der Waals surface area contributed by atoms with Crippen LogP contribution in [0.3, 0.4) is 0 Å². The molecule has 1 aliphatic rings. The van der Waals surface area contributed by atoms with Gasteiger partial charge in [-0.1, -0.05) is 18.2 Å². The van der Waals surface area contributed by atoms with Crippen LogP contribution in [-0.2, 0) is 0 Å². The highest BCUT2D eigenvalue weighted by Gasteiger charge is 2.43. The molecule has 1 amide bonds. The molecule has 0 radical (unpaired) electrons. The molecular formula is C16H18N2O3. The highest BCUT2D eigenvalue weighted by molar-refractivity contribution is 5.92. The number of carbonyl (C=O) groups is 1. The topological polar surface area (TPSA) is 66.6 Å². The lowest BCUT2D eigenvalue weighted by Crippen LogP contribution is -2.34. The largest absolute Gasteiger partial charge is 0.444 e. The van der Waals surface area contributed by atoms with Crippen LogP contribution in [0.1, 0.15) is 23.3 Å². The molecule has 1 aromatic heterocycles. The number of aliphatic hydroxyl groups excluding tert-OH is 1. The lowest BCUT2D eigenvalue weighted by atomic mass is 10.1. The molecule has 3 rings (SSSR count). The Bertz CT molecular complexity index is 632. The molecule has 0 spiro atoms. The summed E-state index contributed by atoms with van der Waals surface area (Å²) in [6.45, 7) is 0.675. The molecule has 0 atom stereocenters. The predicted molar refractivity (Wildman–Crippen MR) is 77.7 cm³/mol. The van der Waals surface area contributed by atoms with Gasteiger partial charge in [0.15, 0.2) is 5.69 Å². The van der Waals surface area contributed by atoms with Crippen LogP contribution in [0.2, 0.25) is 0 Å². The summed E-state index contributed by atoms with van der Waals surface area (Å²) in [6, 6.07) is 9.47. The maximum atomic E-state index is 12.3. The molecular weight excluding hydrogens is 268 g/mol. The summed E-state index contributed by atoms with van der Waals surface area (Å²) in [7, 11) is 1.73. The number of aliphatic hydroxyl groups is 1. The lowest BCUT2D eigenvalue weighted by Gasteiger charge is -2.21. The first kappa shape index (κ1) is 13.8. The van der Waals surface area contributed by atoms with Gasteiger partial charge in [-0.05, 0) is 25.0 Å². The van der Waals surface area contributed by atoms with E-state index in [1.807, 2.05) is 30.3 Å². The van der Waals surface area contributed by atoms with Crippen molar-refractivity contribution in [1.29, 1.82) is 0 Å². The first-order valence-electron chi connectivity index (χ1n) is 7.01. The standard InChI is InChI=1S/C16H18N2O3/c1-18(10-16(11-19)7-8-16)15(20)13-9-21-14(17-13)12-5-3-2-4-6-12/h2-6,9,19H,7-8,10-11H2,1H3. The fourth-order valence-corrected chi connectivity index (χ4v) is 2.40. The number of aromatic nitrogens is 1. The van der Waals surface area contributed by atoms with Gasteiger partial charge in [0.05, 0.1) is 6.61 Å². The molecule has 1 heterocycles. The molecule has 1 aliphatic carbocycles. The van der Waals surface area contributed by atoms with Crippen molar-refractivity contribution in [3.63, 3.8) is 0 Å². The van der Waals surface area contributed by atoms with Crippen LogP contribution < -0.4 is 0 Å². The van der Waals surface area contributed by atoms with E-state index in [0.29, 0.717) is 18.1 Å². The second-order valence-electron chi connectivity index (χ2n) is 5.72. The maximum Gasteiger partial charge on any atom is 0.275 e. The van der Waals surface area contributed by atoms with Gasteiger partial charge in [0.1, 0.15) is 6.26 Å². The molecule has 21 heavy (non-hydrogen) atoms. The summed E-state index contributed by atoms with van der Waals surface area (Å²) < 4.78 is 5.39. The Hall–Kier alpha value is -2.14. The fraction of sp³-hybridized carbons (Fsp3) is 0.375. The van der Waals surface area contributed by atoms with Crippen LogP contribution in [0.25, 0.3) is 11.5 Å². The molecule has 5 heteroatoms. The number of carbonyl (C=O) groups excluding carboxylic acids is 1. The third-order valence-corrected chi connectivity index (χ3v) is 3.96. The second kappa shape index (κ2) is 5.33. The molecule has 0 unspecified atom stereocenters. The van der Waals surface area contributed by atoms with Gasteiger partial charge in [-0.15, -0.1) is 0 Å². The van der Waals surface area contributed by atoms with Crippen LogP contribution in [0.5, 0.6) is 0 Å². The average Bonchev–Trinajstić information content (AvgIpc) is 3.12. The normalized spacial score (nSPS) is 15.7. The van der Waals surface area contributed by atoms with Crippen molar-refractivity contribution in [1.82, 2.24) is 9.88 Å². The number of nitrogens with zero attached hydrogens (tertiary/aromatic N) is 2. The van der Waals surface area contributed by atoms with Gasteiger partial charge in [-0.3, -0.25) is 4.79 Å². The molecule has 0 saturated heterocycles. The summed E-state index contributed by atoms with van der Waals surface area (Å²) >= 11 is 0. The van der Waals surface area contributed by atoms with E-state index >= 15 is 0 Å². The predicted octanol–water partition coefficient (Wildman–Crippen LogP) is 2.19. The zero-order valence-electron chi connectivity index (χ0n) is 12.0. The first-order valence-corrected chi connectivity index (χ1v) is 7.01. The van der Waals surface area contributed by atoms with Gasteiger partial charge < -0.3 is 14.4 Å². The number of amides is 1. The second-order valence-corrected chi connectivity index (χ2v) is 5.72. The summed E-state index contributed by atoms with van der Waals surface area (Å²) in [5.41, 5.74) is 1.04. The lowest BCUT2D eigenvalue weighted by molar-refractivity contribution is 0.0728. The summed E-state index contributed by atoms with van der Waals surface area (Å²) in [4.78, 5) is 18.2. The molecule has 1 aromatic carbocycles. The highest BCUT2D eigenvalue weighted by atomic mass is 16.3. The number of oxazole rings is 1. The molecule has 0 bridgehead atoms. The van der Waals surface area contributed by atoms with Crippen LogP contribution in [-0.4, -0.2) is 41.1 Å². The Morgan fingerprint density at radius 2 is 2.10 bits per heavy atom. The van der Waals surface area contributed by atoms with Crippen molar-refractivity contribution in [3.8, 4) is 11.5 Å². The smallest absolute Gasteiger partial charge is 0.275 e. The SMILES string of the molecule is CN(CC1(CO)CC1)C(=O)c1coc(-c2ccccc2)n1. The Morgan fingerprint density at radius 1 is 1.38 bits per heavy atom. The van der Waals surface area contributed by atoms with Crippen LogP contribution >= 0.6 is 0 Å². The van der Waals surface area contributed by atoms with Crippen molar-refractivity contribution < 1.29 is 14.3 Å². The molecule has 0 aliphatic heterocycles. The molecule has 1 saturated carbocycles. The van der Waals surface area contributed by atoms with Crippen molar-refractivity contribution in [2.24, 2.45) is 5.41 Å². The Kier molecular flexibility index (Phi) is 3.51. The highest BCUT2D eigenvalue weighted by Crippen LogP contribution is 2.45. The summed E-state index contributed by atoms with van der Waals surface area (Å²) in [6.07, 6.45) is 3.32. The zero-order valence-corrected chi connectivity index (χ0v) is 12.0. The monoisotopic (exact) mass is 286 g/mol. The molecule has 5 nitrogen and oxygen atoms in total. The van der Waals surface area contributed by atoms with Gasteiger partial charge in [-0.2, -0.15) is 0 Å². The Balaban J connectivity index is 1.72.